The van der Waals surface area contributed by atoms with Gasteiger partial charge in [-0.2, -0.15) is 0 Å². The van der Waals surface area contributed by atoms with Crippen LogP contribution in [0, 0.1) is 0 Å². The summed E-state index contributed by atoms with van der Waals surface area (Å²) < 4.78 is 0. The third-order valence-electron chi connectivity index (χ3n) is 2.53. The molecule has 0 bridgehead atoms. The van der Waals surface area contributed by atoms with Gasteiger partial charge in [0.1, 0.15) is 0 Å². The van der Waals surface area contributed by atoms with Crippen LogP contribution in [-0.4, -0.2) is 12.5 Å². The molecule has 0 aliphatic carbocycles. The summed E-state index contributed by atoms with van der Waals surface area (Å²) in [6, 6.07) is 17.0. The molecule has 0 spiro atoms. The molecule has 1 amide bonds. The maximum Gasteiger partial charge on any atom is 0.276 e. The Morgan fingerprint density at radius 1 is 1.05 bits per heavy atom. The average molecular weight is 256 g/mol. The van der Waals surface area contributed by atoms with Crippen molar-refractivity contribution in [1.82, 2.24) is 5.48 Å². The van der Waals surface area contributed by atoms with Crippen LogP contribution in [0.5, 0.6) is 0 Å². The molecule has 0 saturated carbocycles. The third-order valence-corrected chi connectivity index (χ3v) is 2.53. The first-order valence-corrected chi connectivity index (χ1v) is 6.14. The summed E-state index contributed by atoms with van der Waals surface area (Å²) in [5, 5.41) is 3.21. The number of rotatable bonds is 5. The first-order chi connectivity index (χ1) is 9.31. The summed E-state index contributed by atoms with van der Waals surface area (Å²) in [7, 11) is 0. The fourth-order valence-electron chi connectivity index (χ4n) is 1.66. The summed E-state index contributed by atoms with van der Waals surface area (Å²) >= 11 is 0. The Bertz CT molecular complexity index is 541. The summed E-state index contributed by atoms with van der Waals surface area (Å²) in [6.07, 6.45) is 0. The first kappa shape index (κ1) is 13.1. The van der Waals surface area contributed by atoms with Crippen molar-refractivity contribution in [2.24, 2.45) is 0 Å². The second-order valence-electron chi connectivity index (χ2n) is 3.90. The number of hydrogen-bond acceptors (Lipinski definition) is 3. The fourth-order valence-corrected chi connectivity index (χ4v) is 1.66. The van der Waals surface area contributed by atoms with E-state index in [2.05, 4.69) is 10.8 Å². The summed E-state index contributed by atoms with van der Waals surface area (Å²) in [5.74, 6) is -0.263. The number of para-hydroxylation sites is 2. The van der Waals surface area contributed by atoms with Gasteiger partial charge >= 0.3 is 0 Å². The molecule has 0 heterocycles. The van der Waals surface area contributed by atoms with Gasteiger partial charge in [0.25, 0.3) is 5.91 Å². The van der Waals surface area contributed by atoms with Crippen LogP contribution in [-0.2, 0) is 4.84 Å². The molecule has 2 N–H and O–H groups in total. The zero-order chi connectivity index (χ0) is 13.5. The number of carbonyl (C=O) groups excluding carboxylic acids is 1. The van der Waals surface area contributed by atoms with E-state index in [1.165, 1.54) is 0 Å². The van der Waals surface area contributed by atoms with E-state index < -0.39 is 0 Å². The van der Waals surface area contributed by atoms with Gasteiger partial charge in [0.15, 0.2) is 0 Å². The predicted octanol–water partition coefficient (Wildman–Crippen LogP) is 3.11. The van der Waals surface area contributed by atoms with E-state index in [-0.39, 0.29) is 5.91 Å². The predicted molar refractivity (Wildman–Crippen MR) is 75.3 cm³/mol. The van der Waals surface area contributed by atoms with E-state index in [0.29, 0.717) is 12.2 Å². The van der Waals surface area contributed by atoms with Crippen molar-refractivity contribution in [3.05, 3.63) is 60.2 Å². The van der Waals surface area contributed by atoms with Crippen LogP contribution in [0.2, 0.25) is 0 Å². The Hall–Kier alpha value is -2.33. The van der Waals surface area contributed by atoms with Gasteiger partial charge in [0.2, 0.25) is 0 Å². The lowest BCUT2D eigenvalue weighted by Gasteiger charge is -2.11. The molecule has 2 rings (SSSR count). The minimum atomic E-state index is -0.263. The fraction of sp³-hybridized carbons (Fsp3) is 0.133. The first-order valence-electron chi connectivity index (χ1n) is 6.14. The lowest BCUT2D eigenvalue weighted by atomic mass is 10.1. The van der Waals surface area contributed by atoms with Gasteiger partial charge in [-0.1, -0.05) is 30.3 Å². The van der Waals surface area contributed by atoms with Gasteiger partial charge in [-0.05, 0) is 31.2 Å². The van der Waals surface area contributed by atoms with Gasteiger partial charge in [-0.3, -0.25) is 9.63 Å². The normalized spacial score (nSPS) is 9.95. The standard InChI is InChI=1S/C15H16N2O2/c1-2-19-17-15(18)13-10-6-7-11-14(13)16-12-8-4-3-5-9-12/h3-11,16H,2H2,1H3,(H,17,18). The van der Waals surface area contributed by atoms with E-state index >= 15 is 0 Å². The van der Waals surface area contributed by atoms with E-state index in [0.717, 1.165) is 11.4 Å². The molecule has 98 valence electrons. The third kappa shape index (κ3) is 3.56. The minimum absolute atomic E-state index is 0.263. The van der Waals surface area contributed by atoms with Crippen molar-refractivity contribution < 1.29 is 9.63 Å². The molecule has 0 saturated heterocycles. The topological polar surface area (TPSA) is 50.4 Å². The van der Waals surface area contributed by atoms with Crippen molar-refractivity contribution in [2.75, 3.05) is 11.9 Å². The summed E-state index contributed by atoms with van der Waals surface area (Å²) in [5.41, 5.74) is 4.61. The average Bonchev–Trinajstić information content (AvgIpc) is 2.46. The van der Waals surface area contributed by atoms with Gasteiger partial charge < -0.3 is 5.32 Å². The van der Waals surface area contributed by atoms with Crippen LogP contribution in [0.25, 0.3) is 0 Å². The monoisotopic (exact) mass is 256 g/mol. The number of nitrogens with one attached hydrogen (secondary N) is 2. The quantitative estimate of drug-likeness (QED) is 0.808. The molecule has 4 heteroatoms. The second kappa shape index (κ2) is 6.56. The molecule has 0 aliphatic heterocycles. The molecule has 0 unspecified atom stereocenters. The maximum atomic E-state index is 11.9. The molecule has 0 aliphatic rings. The van der Waals surface area contributed by atoms with Gasteiger partial charge in [0.05, 0.1) is 17.9 Å². The van der Waals surface area contributed by atoms with Crippen molar-refractivity contribution in [1.29, 1.82) is 0 Å². The van der Waals surface area contributed by atoms with Crippen LogP contribution < -0.4 is 10.8 Å². The van der Waals surface area contributed by atoms with Crippen LogP contribution in [0.15, 0.2) is 54.6 Å². The molecule has 4 nitrogen and oxygen atoms in total. The molecule has 0 atom stereocenters. The molecule has 0 fully saturated rings. The van der Waals surface area contributed by atoms with Crippen LogP contribution in [0.4, 0.5) is 11.4 Å². The Labute approximate surface area is 112 Å². The largest absolute Gasteiger partial charge is 0.355 e. The lowest BCUT2D eigenvalue weighted by Crippen LogP contribution is -2.24. The van der Waals surface area contributed by atoms with E-state index in [4.69, 9.17) is 4.84 Å². The molecule has 0 radical (unpaired) electrons. The zero-order valence-corrected chi connectivity index (χ0v) is 10.7. The van der Waals surface area contributed by atoms with Crippen LogP contribution >= 0.6 is 0 Å². The Morgan fingerprint density at radius 2 is 1.74 bits per heavy atom. The number of amides is 1. The Kier molecular flexibility index (Phi) is 4.53. The van der Waals surface area contributed by atoms with Crippen molar-refractivity contribution >= 4 is 17.3 Å². The number of anilines is 2. The van der Waals surface area contributed by atoms with Gasteiger partial charge in [-0.15, -0.1) is 0 Å². The Balaban J connectivity index is 2.19. The van der Waals surface area contributed by atoms with Crippen LogP contribution in [0.3, 0.4) is 0 Å². The Morgan fingerprint density at radius 3 is 2.47 bits per heavy atom. The van der Waals surface area contributed by atoms with Crippen molar-refractivity contribution in [3.8, 4) is 0 Å². The second-order valence-corrected chi connectivity index (χ2v) is 3.90. The number of hydrogen-bond donors (Lipinski definition) is 2. The van der Waals surface area contributed by atoms with Gasteiger partial charge in [0, 0.05) is 5.69 Å². The van der Waals surface area contributed by atoms with Crippen molar-refractivity contribution in [3.63, 3.8) is 0 Å². The van der Waals surface area contributed by atoms with E-state index in [1.807, 2.05) is 55.5 Å². The molecule has 19 heavy (non-hydrogen) atoms. The highest BCUT2D eigenvalue weighted by molar-refractivity contribution is 5.99. The van der Waals surface area contributed by atoms with E-state index in [9.17, 15) is 4.79 Å². The molecular formula is C15H16N2O2. The molecule has 0 aromatic heterocycles. The SMILES string of the molecule is CCONC(=O)c1ccccc1Nc1ccccc1. The van der Waals surface area contributed by atoms with Gasteiger partial charge in [-0.25, -0.2) is 5.48 Å². The summed E-state index contributed by atoms with van der Waals surface area (Å²) in [6.45, 7) is 2.24. The highest BCUT2D eigenvalue weighted by Crippen LogP contribution is 2.20. The maximum absolute atomic E-state index is 11.9. The molecule has 2 aromatic carbocycles. The number of benzene rings is 2. The molecule has 2 aromatic rings. The van der Waals surface area contributed by atoms with E-state index in [1.54, 1.807) is 6.07 Å². The number of hydroxylamine groups is 1. The zero-order valence-electron chi connectivity index (χ0n) is 10.7. The summed E-state index contributed by atoms with van der Waals surface area (Å²) in [4.78, 5) is 16.9. The molecular weight excluding hydrogens is 240 g/mol. The minimum Gasteiger partial charge on any atom is -0.355 e. The highest BCUT2D eigenvalue weighted by Gasteiger charge is 2.10. The lowest BCUT2D eigenvalue weighted by molar-refractivity contribution is 0.0365. The smallest absolute Gasteiger partial charge is 0.276 e. The van der Waals surface area contributed by atoms with Crippen LogP contribution in [0.1, 0.15) is 17.3 Å². The highest BCUT2D eigenvalue weighted by atomic mass is 16.6. The van der Waals surface area contributed by atoms with Crippen molar-refractivity contribution in [2.45, 2.75) is 6.92 Å². The number of carbonyl (C=O) groups is 1.